The molecule has 1 aromatic rings. The minimum Gasteiger partial charge on any atom is -0.493 e. The number of carbonyl (C=O) groups excluding carboxylic acids is 2. The number of carbonyl (C=O) groups is 2. The maximum atomic E-state index is 12.2. The molecule has 7 nitrogen and oxygen atoms in total. The van der Waals surface area contributed by atoms with Gasteiger partial charge in [0.15, 0.2) is 11.5 Å². The Morgan fingerprint density at radius 2 is 1.83 bits per heavy atom. The summed E-state index contributed by atoms with van der Waals surface area (Å²) < 4.78 is 15.4. The van der Waals surface area contributed by atoms with Gasteiger partial charge in [0.1, 0.15) is 0 Å². The van der Waals surface area contributed by atoms with Crippen LogP contribution in [0, 0.1) is 0 Å². The first-order valence-electron chi connectivity index (χ1n) is 6.99. The molecule has 0 spiro atoms. The van der Waals surface area contributed by atoms with Crippen molar-refractivity contribution >= 4 is 12.0 Å². The van der Waals surface area contributed by atoms with Crippen molar-refractivity contribution in [2.24, 2.45) is 0 Å². The van der Waals surface area contributed by atoms with Crippen LogP contribution in [0.2, 0.25) is 0 Å². The fraction of sp³-hybridized carbons (Fsp3) is 0.375. The molecule has 2 amide bonds. The summed E-state index contributed by atoms with van der Waals surface area (Å²) in [5.41, 5.74) is 1.62. The Bertz CT molecular complexity index is 668. The van der Waals surface area contributed by atoms with Crippen LogP contribution in [-0.4, -0.2) is 45.3 Å². The van der Waals surface area contributed by atoms with Crippen molar-refractivity contribution in [2.75, 3.05) is 28.4 Å². The van der Waals surface area contributed by atoms with E-state index in [0.29, 0.717) is 28.3 Å². The Kier molecular flexibility index (Phi) is 4.78. The lowest BCUT2D eigenvalue weighted by molar-refractivity contribution is -0.136. The Hall–Kier alpha value is -2.70. The highest BCUT2D eigenvalue weighted by atomic mass is 16.5. The number of rotatable bonds is 4. The van der Waals surface area contributed by atoms with Crippen LogP contribution in [0.1, 0.15) is 18.5 Å². The quantitative estimate of drug-likeness (QED) is 0.857. The predicted octanol–water partition coefficient (Wildman–Crippen LogP) is 1.85. The molecule has 0 saturated heterocycles. The molecule has 1 atom stereocenters. The minimum atomic E-state index is -0.619. The molecule has 1 heterocycles. The number of amides is 2. The molecule has 23 heavy (non-hydrogen) atoms. The molecule has 2 rings (SSSR count). The van der Waals surface area contributed by atoms with Gasteiger partial charge in [0.05, 0.1) is 32.9 Å². The van der Waals surface area contributed by atoms with Gasteiger partial charge in [-0.3, -0.25) is 0 Å². The molecule has 7 heteroatoms. The summed E-state index contributed by atoms with van der Waals surface area (Å²) in [6, 6.07) is 4.31. The zero-order valence-corrected chi connectivity index (χ0v) is 13.8. The first-order valence-corrected chi connectivity index (χ1v) is 6.99. The summed E-state index contributed by atoms with van der Waals surface area (Å²) in [5, 5.41) is 2.80. The fourth-order valence-corrected chi connectivity index (χ4v) is 2.49. The molecule has 0 aromatic heterocycles. The number of benzene rings is 1. The van der Waals surface area contributed by atoms with Crippen molar-refractivity contribution in [1.82, 2.24) is 10.2 Å². The molecular formula is C16H20N2O5. The molecule has 0 fully saturated rings. The molecule has 0 aliphatic carbocycles. The second-order valence-corrected chi connectivity index (χ2v) is 5.05. The van der Waals surface area contributed by atoms with Crippen LogP contribution >= 0.6 is 0 Å². The summed E-state index contributed by atoms with van der Waals surface area (Å²) >= 11 is 0. The molecule has 0 radical (unpaired) electrons. The average Bonchev–Trinajstić information content (AvgIpc) is 2.58. The molecule has 1 aromatic carbocycles. The van der Waals surface area contributed by atoms with E-state index >= 15 is 0 Å². The number of methoxy groups -OCH3 is 3. The second-order valence-electron chi connectivity index (χ2n) is 5.05. The highest BCUT2D eigenvalue weighted by molar-refractivity contribution is 5.94. The van der Waals surface area contributed by atoms with Crippen LogP contribution in [0.3, 0.4) is 0 Å². The second kappa shape index (κ2) is 6.60. The largest absolute Gasteiger partial charge is 0.493 e. The molecule has 0 saturated carbocycles. The summed E-state index contributed by atoms with van der Waals surface area (Å²) in [5.74, 6) is 0.588. The minimum absolute atomic E-state index is 0.296. The number of esters is 1. The summed E-state index contributed by atoms with van der Waals surface area (Å²) in [4.78, 5) is 25.7. The predicted molar refractivity (Wildman–Crippen MR) is 83.3 cm³/mol. The van der Waals surface area contributed by atoms with E-state index in [2.05, 4.69) is 5.32 Å². The smallest absolute Gasteiger partial charge is 0.337 e. The van der Waals surface area contributed by atoms with Crippen LogP contribution in [0.4, 0.5) is 4.79 Å². The van der Waals surface area contributed by atoms with Crippen LogP contribution in [0.5, 0.6) is 11.5 Å². The lowest BCUT2D eigenvalue weighted by Gasteiger charge is -2.33. The van der Waals surface area contributed by atoms with Crippen LogP contribution in [-0.2, 0) is 9.53 Å². The number of allylic oxidation sites excluding steroid dienone is 1. The third-order valence-corrected chi connectivity index (χ3v) is 3.90. The lowest BCUT2D eigenvalue weighted by atomic mass is 9.94. The molecule has 1 aliphatic heterocycles. The van der Waals surface area contributed by atoms with Crippen LogP contribution in [0.25, 0.3) is 0 Å². The highest BCUT2D eigenvalue weighted by Crippen LogP contribution is 2.35. The van der Waals surface area contributed by atoms with E-state index in [4.69, 9.17) is 14.2 Å². The third-order valence-electron chi connectivity index (χ3n) is 3.90. The Labute approximate surface area is 134 Å². The van der Waals surface area contributed by atoms with Crippen molar-refractivity contribution in [1.29, 1.82) is 0 Å². The third kappa shape index (κ3) is 2.94. The molecule has 124 valence electrons. The SMILES string of the molecule is COC(=O)C1=C(C)N(C)C(=O)N[C@H]1c1ccc(OC)c(OC)c1. The molecule has 1 N–H and O–H groups in total. The first-order chi connectivity index (χ1) is 10.9. The molecule has 1 aliphatic rings. The topological polar surface area (TPSA) is 77.1 Å². The normalized spacial score (nSPS) is 17.7. The van der Waals surface area contributed by atoms with Gasteiger partial charge in [-0.1, -0.05) is 6.07 Å². The standard InChI is InChI=1S/C16H20N2O5/c1-9-13(15(19)23-5)14(17-16(20)18(9)2)10-6-7-11(21-3)12(8-10)22-4/h6-8,14H,1-5H3,(H,17,20)/t14-/m0/s1. The van der Waals surface area contributed by atoms with E-state index in [0.717, 1.165) is 0 Å². The van der Waals surface area contributed by atoms with Gasteiger partial charge in [-0.05, 0) is 24.6 Å². The van der Waals surface area contributed by atoms with E-state index in [1.165, 1.54) is 19.1 Å². The maximum absolute atomic E-state index is 12.2. The first kappa shape index (κ1) is 16.7. The number of urea groups is 1. The van der Waals surface area contributed by atoms with Crippen LogP contribution < -0.4 is 14.8 Å². The van der Waals surface area contributed by atoms with Crippen molar-refractivity contribution in [3.63, 3.8) is 0 Å². The van der Waals surface area contributed by atoms with Gasteiger partial charge in [-0.25, -0.2) is 9.59 Å². The number of ether oxygens (including phenoxy) is 3. The molecular weight excluding hydrogens is 300 g/mol. The fourth-order valence-electron chi connectivity index (χ4n) is 2.49. The van der Waals surface area contributed by atoms with Crippen molar-refractivity contribution < 1.29 is 23.8 Å². The number of nitrogens with zero attached hydrogens (tertiary/aromatic N) is 1. The van der Waals surface area contributed by atoms with Gasteiger partial charge >= 0.3 is 12.0 Å². The average molecular weight is 320 g/mol. The van der Waals surface area contributed by atoms with Gasteiger partial charge in [0.25, 0.3) is 0 Å². The van der Waals surface area contributed by atoms with E-state index in [9.17, 15) is 9.59 Å². The van der Waals surface area contributed by atoms with Gasteiger partial charge in [-0.15, -0.1) is 0 Å². The van der Waals surface area contributed by atoms with E-state index in [-0.39, 0.29) is 6.03 Å². The van der Waals surface area contributed by atoms with Crippen LogP contribution in [0.15, 0.2) is 29.5 Å². The number of nitrogens with one attached hydrogen (secondary N) is 1. The monoisotopic (exact) mass is 320 g/mol. The highest BCUT2D eigenvalue weighted by Gasteiger charge is 2.35. The zero-order chi connectivity index (χ0) is 17.1. The number of hydrogen-bond acceptors (Lipinski definition) is 5. The summed E-state index contributed by atoms with van der Waals surface area (Å²) in [6.07, 6.45) is 0. The van der Waals surface area contributed by atoms with Crippen molar-refractivity contribution in [3.8, 4) is 11.5 Å². The van der Waals surface area contributed by atoms with Crippen molar-refractivity contribution in [3.05, 3.63) is 35.0 Å². The van der Waals surface area contributed by atoms with E-state index in [1.807, 2.05) is 0 Å². The van der Waals surface area contributed by atoms with Gasteiger partial charge < -0.3 is 24.4 Å². The summed E-state index contributed by atoms with van der Waals surface area (Å²) in [6.45, 7) is 1.71. The van der Waals surface area contributed by atoms with Gasteiger partial charge in [0.2, 0.25) is 0 Å². The van der Waals surface area contributed by atoms with Gasteiger partial charge in [-0.2, -0.15) is 0 Å². The van der Waals surface area contributed by atoms with Crippen molar-refractivity contribution in [2.45, 2.75) is 13.0 Å². The van der Waals surface area contributed by atoms with E-state index in [1.54, 1.807) is 39.3 Å². The Balaban J connectivity index is 2.55. The summed E-state index contributed by atoms with van der Waals surface area (Å²) in [7, 11) is 5.97. The molecule has 0 bridgehead atoms. The Morgan fingerprint density at radius 3 is 2.39 bits per heavy atom. The van der Waals surface area contributed by atoms with Gasteiger partial charge in [0, 0.05) is 12.7 Å². The molecule has 0 unspecified atom stereocenters. The Morgan fingerprint density at radius 1 is 1.17 bits per heavy atom. The lowest BCUT2D eigenvalue weighted by Crippen LogP contribution is -2.46. The van der Waals surface area contributed by atoms with E-state index < -0.39 is 12.0 Å². The zero-order valence-electron chi connectivity index (χ0n) is 13.8. The number of hydrogen-bond donors (Lipinski definition) is 1. The maximum Gasteiger partial charge on any atom is 0.337 e.